The molecule has 5 nitrogen and oxygen atoms in total. The van der Waals surface area contributed by atoms with Gasteiger partial charge in [0.15, 0.2) is 8.07 Å². The maximum Gasteiger partial charge on any atom is 0.185 e. The molecule has 3 aliphatic rings. The predicted octanol–water partition coefficient (Wildman–Crippen LogP) is 18.5. The second kappa shape index (κ2) is 20.2. The number of aromatic nitrogens is 1. The molecule has 6 heteroatoms. The van der Waals surface area contributed by atoms with Crippen molar-refractivity contribution in [3.63, 3.8) is 0 Å². The standard InChI is InChI=1S/C79H72N4OSi/c1-52-43-74(80-50-67(52)54-39-41-56(42-40-54)77(2,3)4)83-70-36-20-22-38-73(70)85(62-29-15-12-16-30-62)72-37-21-17-31-65(72)66-48-61(49-71(83)76(66)85)84-60-28-23-27-59(47-60)81-51-82(69-35-19-18-34-68(69)81)75-63(53-25-13-11-14-26-53)32-24-33-64(75)55-44-57(78(5,6)7)46-58(45-55)79(8,9)10/h11-50H,51H2,1-10H3/i1D3. The van der Waals surface area contributed by atoms with E-state index in [1.165, 1.54) is 54.1 Å². The summed E-state index contributed by atoms with van der Waals surface area (Å²) in [6, 6.07) is 85.0. The van der Waals surface area contributed by atoms with Gasteiger partial charge >= 0.3 is 0 Å². The van der Waals surface area contributed by atoms with E-state index >= 15 is 0 Å². The fourth-order valence-electron chi connectivity index (χ4n) is 13.4. The molecule has 0 spiro atoms. The lowest BCUT2D eigenvalue weighted by Crippen LogP contribution is -2.75. The first-order chi connectivity index (χ1) is 42.2. The van der Waals surface area contributed by atoms with Crippen LogP contribution in [0, 0.1) is 6.85 Å². The molecule has 0 aliphatic carbocycles. The lowest BCUT2D eigenvalue weighted by Gasteiger charge is -2.43. The van der Waals surface area contributed by atoms with Crippen LogP contribution in [0.4, 0.5) is 39.9 Å². The van der Waals surface area contributed by atoms with Gasteiger partial charge < -0.3 is 14.5 Å². The van der Waals surface area contributed by atoms with E-state index in [4.69, 9.17) is 13.8 Å². The quantitative estimate of drug-likeness (QED) is 0.135. The molecule has 1 unspecified atom stereocenters. The number of benzene rings is 10. The molecule has 0 bridgehead atoms. The Labute approximate surface area is 507 Å². The van der Waals surface area contributed by atoms with Gasteiger partial charge in [-0.3, -0.25) is 4.90 Å². The Hall–Kier alpha value is -9.23. The fraction of sp³-hybridized carbons (Fsp3) is 0.177. The van der Waals surface area contributed by atoms with Crippen LogP contribution in [0.2, 0.25) is 0 Å². The SMILES string of the molecule is [2H]C([2H])([2H])c1cc(N2c3ccccc3[Si]3(c4ccccc4)c4ccccc4-c4cc(Oc5cccc(N6CN(c7c(-c8ccccc8)cccc7-c7cc(C(C)(C)C)cc(C(C)(C)C)c7)c7ccccc76)c5)cc2c43)ncc1-c1ccc(C(C)(C)C)cc1. The third-order valence-corrected chi connectivity index (χ3v) is 22.7. The van der Waals surface area contributed by atoms with Gasteiger partial charge in [0, 0.05) is 50.5 Å². The topological polar surface area (TPSA) is 31.8 Å². The van der Waals surface area contributed by atoms with E-state index in [0.29, 0.717) is 29.5 Å². The van der Waals surface area contributed by atoms with Crippen LogP contribution in [0.5, 0.6) is 11.5 Å². The molecule has 85 heavy (non-hydrogen) atoms. The van der Waals surface area contributed by atoms with E-state index in [1.807, 2.05) is 18.2 Å². The van der Waals surface area contributed by atoms with Gasteiger partial charge in [-0.05, 0) is 136 Å². The highest BCUT2D eigenvalue weighted by Gasteiger charge is 2.55. The highest BCUT2D eigenvalue weighted by atomic mass is 28.3. The summed E-state index contributed by atoms with van der Waals surface area (Å²) in [6.45, 7) is 18.5. The minimum absolute atomic E-state index is 0.0602. The van der Waals surface area contributed by atoms with Gasteiger partial charge in [0.25, 0.3) is 0 Å². The molecule has 0 saturated heterocycles. The Bertz CT molecular complexity index is 4490. The molecule has 1 aromatic heterocycles. The van der Waals surface area contributed by atoms with E-state index in [1.54, 1.807) is 12.3 Å². The molecular formula is C79H72N4OSi. The van der Waals surface area contributed by atoms with E-state index in [-0.39, 0.29) is 21.8 Å². The van der Waals surface area contributed by atoms with Crippen LogP contribution >= 0.6 is 0 Å². The first-order valence-electron chi connectivity index (χ1n) is 31.3. The number of anilines is 7. The van der Waals surface area contributed by atoms with Crippen molar-refractivity contribution < 1.29 is 8.85 Å². The highest BCUT2D eigenvalue weighted by molar-refractivity contribution is 7.23. The second-order valence-corrected chi connectivity index (χ2v) is 29.9. The van der Waals surface area contributed by atoms with Crippen LogP contribution in [-0.2, 0) is 16.2 Å². The van der Waals surface area contributed by atoms with Crippen LogP contribution in [0.1, 0.15) is 88.7 Å². The third kappa shape index (κ3) is 9.08. The lowest BCUT2D eigenvalue weighted by molar-refractivity contribution is 0.483. The first kappa shape index (κ1) is 50.3. The van der Waals surface area contributed by atoms with Crippen molar-refractivity contribution >= 4 is 68.8 Å². The van der Waals surface area contributed by atoms with E-state index < -0.39 is 14.9 Å². The summed E-state index contributed by atoms with van der Waals surface area (Å²) in [5.41, 5.74) is 18.4. The van der Waals surface area contributed by atoms with Gasteiger partial charge in [-0.2, -0.15) is 0 Å². The van der Waals surface area contributed by atoms with Gasteiger partial charge in [0.1, 0.15) is 24.0 Å². The lowest BCUT2D eigenvalue weighted by atomic mass is 9.78. The van der Waals surface area contributed by atoms with E-state index in [0.717, 1.165) is 56.4 Å². The Morgan fingerprint density at radius 2 is 1.00 bits per heavy atom. The Morgan fingerprint density at radius 3 is 1.68 bits per heavy atom. The van der Waals surface area contributed by atoms with Gasteiger partial charge in [-0.25, -0.2) is 4.98 Å². The smallest absolute Gasteiger partial charge is 0.185 e. The molecule has 10 aromatic carbocycles. The number of nitrogens with zero attached hydrogens (tertiary/aromatic N) is 4. The third-order valence-electron chi connectivity index (χ3n) is 17.7. The number of ether oxygens (including phenoxy) is 1. The molecule has 3 aliphatic heterocycles. The maximum absolute atomic E-state index is 9.06. The van der Waals surface area contributed by atoms with Crippen LogP contribution in [0.15, 0.2) is 243 Å². The van der Waals surface area contributed by atoms with Crippen molar-refractivity contribution in [2.45, 2.75) is 85.4 Å². The number of rotatable bonds is 9. The summed E-state index contributed by atoms with van der Waals surface area (Å²) in [5.74, 6) is 1.86. The summed E-state index contributed by atoms with van der Waals surface area (Å²) in [4.78, 5) is 12.4. The first-order valence-corrected chi connectivity index (χ1v) is 31.8. The second-order valence-electron chi connectivity index (χ2n) is 26.2. The summed E-state index contributed by atoms with van der Waals surface area (Å²) >= 11 is 0. The number of para-hydroxylation sites is 4. The monoisotopic (exact) mass is 1120 g/mol. The van der Waals surface area contributed by atoms with Crippen molar-refractivity contribution in [1.29, 1.82) is 0 Å². The van der Waals surface area contributed by atoms with Gasteiger partial charge in [0.05, 0.1) is 22.7 Å². The minimum Gasteiger partial charge on any atom is -0.457 e. The van der Waals surface area contributed by atoms with Gasteiger partial charge in [-0.1, -0.05) is 244 Å². The van der Waals surface area contributed by atoms with Crippen molar-refractivity contribution in [3.05, 3.63) is 265 Å². The zero-order valence-corrected chi connectivity index (χ0v) is 51.0. The summed E-state index contributed by atoms with van der Waals surface area (Å²) in [5, 5.41) is 5.02. The van der Waals surface area contributed by atoms with E-state index in [9.17, 15) is 0 Å². The molecule has 4 heterocycles. The van der Waals surface area contributed by atoms with Crippen LogP contribution in [-0.4, -0.2) is 19.7 Å². The van der Waals surface area contributed by atoms with Crippen LogP contribution < -0.4 is 40.2 Å². The van der Waals surface area contributed by atoms with Crippen LogP contribution in [0.3, 0.4) is 0 Å². The number of hydrogen-bond acceptors (Lipinski definition) is 5. The molecule has 11 aromatic rings. The zero-order chi connectivity index (χ0) is 61.1. The van der Waals surface area contributed by atoms with E-state index in [2.05, 4.69) is 289 Å². The maximum atomic E-state index is 9.06. The number of aryl methyl sites for hydroxylation is 1. The summed E-state index contributed by atoms with van der Waals surface area (Å²) < 4.78 is 34.5. The highest BCUT2D eigenvalue weighted by Crippen LogP contribution is 2.52. The summed E-state index contributed by atoms with van der Waals surface area (Å²) in [7, 11) is -3.04. The normalized spacial score (nSPS) is 15.8. The Kier molecular flexibility index (Phi) is 12.0. The number of hydrogen-bond donors (Lipinski definition) is 0. The molecule has 1 atom stereocenters. The fourth-order valence-corrected chi connectivity index (χ4v) is 18.9. The van der Waals surface area contributed by atoms with Crippen LogP contribution in [0.25, 0.3) is 44.5 Å². The molecular weight excluding hydrogens is 1050 g/mol. The largest absolute Gasteiger partial charge is 0.457 e. The van der Waals surface area contributed by atoms with Gasteiger partial charge in [-0.15, -0.1) is 0 Å². The Morgan fingerprint density at radius 1 is 0.424 bits per heavy atom. The minimum atomic E-state index is -3.04. The molecule has 0 amide bonds. The molecule has 0 fully saturated rings. The molecule has 0 radical (unpaired) electrons. The average Bonchev–Trinajstić information content (AvgIpc) is 1.49. The molecule has 14 rings (SSSR count). The van der Waals surface area contributed by atoms with Crippen molar-refractivity contribution in [1.82, 2.24) is 4.98 Å². The average molecular weight is 1120 g/mol. The van der Waals surface area contributed by atoms with Gasteiger partial charge in [0.2, 0.25) is 0 Å². The number of pyridine rings is 1. The van der Waals surface area contributed by atoms with Crippen molar-refractivity contribution in [3.8, 4) is 56.0 Å². The molecule has 0 saturated carbocycles. The Balaban J connectivity index is 0.908. The van der Waals surface area contributed by atoms with Crippen molar-refractivity contribution in [2.75, 3.05) is 21.4 Å². The predicted molar refractivity (Wildman–Crippen MR) is 361 cm³/mol. The molecule has 418 valence electrons. The molecule has 0 N–H and O–H groups in total. The number of fused-ring (bicyclic) bond motifs is 6. The zero-order valence-electron chi connectivity index (χ0n) is 53.0. The van der Waals surface area contributed by atoms with Crippen molar-refractivity contribution in [2.24, 2.45) is 0 Å². The summed E-state index contributed by atoms with van der Waals surface area (Å²) in [6.07, 6.45) is 1.76.